The zero-order valence-corrected chi connectivity index (χ0v) is 25.0. The van der Waals surface area contributed by atoms with Crippen LogP contribution in [0.25, 0.3) is 22.0 Å². The van der Waals surface area contributed by atoms with Crippen LogP contribution in [0.2, 0.25) is 0 Å². The van der Waals surface area contributed by atoms with Crippen molar-refractivity contribution in [2.45, 2.75) is 38.3 Å². The molecule has 214 valence electrons. The molecule has 2 heterocycles. The minimum atomic E-state index is -0.691. The fourth-order valence-electron chi connectivity index (χ4n) is 5.79. The van der Waals surface area contributed by atoms with E-state index in [0.717, 1.165) is 35.4 Å². The fraction of sp³-hybridized carbons (Fsp3) is 0.176. The van der Waals surface area contributed by atoms with Gasteiger partial charge in [0, 0.05) is 44.3 Å². The van der Waals surface area contributed by atoms with Crippen molar-refractivity contribution in [1.82, 2.24) is 4.98 Å². The van der Waals surface area contributed by atoms with E-state index in [2.05, 4.69) is 30.1 Å². The summed E-state index contributed by atoms with van der Waals surface area (Å²) < 4.78 is 41.0. The zero-order chi connectivity index (χ0) is 28.3. The first-order valence-electron chi connectivity index (χ1n) is 13.4. The van der Waals surface area contributed by atoms with Gasteiger partial charge in [-0.1, -0.05) is 47.5 Å². The van der Waals surface area contributed by atoms with Crippen LogP contribution in [0, 0.1) is 24.6 Å². The average molecular weight is 743 g/mol. The second kappa shape index (κ2) is 10.6. The van der Waals surface area contributed by atoms with Gasteiger partial charge in [0.2, 0.25) is 5.88 Å². The van der Waals surface area contributed by atoms with Crippen molar-refractivity contribution in [2.75, 3.05) is 0 Å². The fourth-order valence-corrected chi connectivity index (χ4v) is 5.79. The summed E-state index contributed by atoms with van der Waals surface area (Å²) in [6.45, 7) is 3.95. The van der Waals surface area contributed by atoms with Crippen LogP contribution in [0.15, 0.2) is 83.9 Å². The van der Waals surface area contributed by atoms with Crippen LogP contribution in [0.5, 0.6) is 17.4 Å². The van der Waals surface area contributed by atoms with Crippen molar-refractivity contribution in [2.24, 2.45) is 4.99 Å². The topological polar surface area (TPSA) is 63.9 Å². The number of hydrogen-bond acceptors (Lipinski definition) is 5. The molecule has 0 bridgehead atoms. The van der Waals surface area contributed by atoms with Crippen LogP contribution in [-0.4, -0.2) is 21.6 Å². The molecule has 4 aromatic carbocycles. The Morgan fingerprint density at radius 1 is 0.976 bits per heavy atom. The van der Waals surface area contributed by atoms with Gasteiger partial charge < -0.3 is 14.6 Å². The molecule has 1 N–H and O–H groups in total. The van der Waals surface area contributed by atoms with E-state index in [4.69, 9.17) is 14.5 Å². The molecule has 0 amide bonds. The quantitative estimate of drug-likeness (QED) is 0.190. The molecule has 1 aromatic heterocycles. The number of halogens is 2. The number of hydrogen-bond donors (Lipinski definition) is 1. The SMILES string of the molecule is Cc1cc(O)c2nc(Oc3[c-]c(C4=N[C@H]5c6ccccc6CC[C@@]5(C)O4)cc(-c4cc(F)cc(F)c4)c3)ccc2c1.[Pt]. The van der Waals surface area contributed by atoms with E-state index in [-0.39, 0.29) is 44.5 Å². The first-order chi connectivity index (χ1) is 19.7. The average Bonchev–Trinajstić information content (AvgIpc) is 3.31. The van der Waals surface area contributed by atoms with E-state index >= 15 is 0 Å². The van der Waals surface area contributed by atoms with Crippen molar-refractivity contribution in [3.05, 3.63) is 119 Å². The van der Waals surface area contributed by atoms with Crippen molar-refractivity contribution >= 4 is 16.8 Å². The van der Waals surface area contributed by atoms with Crippen LogP contribution >= 0.6 is 0 Å². The molecule has 2 aliphatic rings. The van der Waals surface area contributed by atoms with Gasteiger partial charge in [0.25, 0.3) is 0 Å². The molecule has 8 heteroatoms. The van der Waals surface area contributed by atoms with Crippen molar-refractivity contribution < 1.29 is 44.4 Å². The van der Waals surface area contributed by atoms with Gasteiger partial charge in [-0.15, -0.1) is 6.07 Å². The normalized spacial score (nSPS) is 18.9. The number of phenolic OH excluding ortho intramolecular Hbond substituents is 1. The summed E-state index contributed by atoms with van der Waals surface area (Å²) in [6.07, 6.45) is 1.68. The third kappa shape index (κ3) is 5.07. The minimum Gasteiger partial charge on any atom is -0.512 e. The van der Waals surface area contributed by atoms with Crippen LogP contribution in [0.1, 0.15) is 41.6 Å². The molecule has 2 atom stereocenters. The Labute approximate surface area is 256 Å². The van der Waals surface area contributed by atoms with E-state index in [1.165, 1.54) is 17.7 Å². The Hall–Kier alpha value is -4.09. The maximum atomic E-state index is 14.2. The Bertz CT molecular complexity index is 1870. The Morgan fingerprint density at radius 2 is 1.74 bits per heavy atom. The first kappa shape index (κ1) is 28.0. The number of phenols is 1. The molecular weight excluding hydrogens is 717 g/mol. The van der Waals surface area contributed by atoms with Gasteiger partial charge in [-0.05, 0) is 79.3 Å². The van der Waals surface area contributed by atoms with Crippen LogP contribution < -0.4 is 4.74 Å². The third-order valence-electron chi connectivity index (χ3n) is 7.77. The number of aromatic hydroxyl groups is 1. The number of aryl methyl sites for hydroxylation is 2. The molecule has 0 fully saturated rings. The van der Waals surface area contributed by atoms with E-state index in [1.807, 2.05) is 31.2 Å². The standard InChI is InChI=1S/C34H25F2N2O3.Pt/c1-19-11-21-7-8-30(37-31(21)29(39)12-19)40-27-16-22(23-14-25(35)18-26(36)15-23)13-24(17-27)33-38-32-28-6-4-3-5-20(28)9-10-34(32,2)41-33;/h3-8,11-16,18,32,39H,9-10H2,1-2H3;/q-1;/t32-,34+;/m0./s1. The van der Waals surface area contributed by atoms with E-state index in [1.54, 1.807) is 24.3 Å². The number of rotatable bonds is 4. The maximum absolute atomic E-state index is 14.2. The summed E-state index contributed by atoms with van der Waals surface area (Å²) in [5, 5.41) is 11.2. The number of aromatic nitrogens is 1. The smallest absolute Gasteiger partial charge is 0.217 e. The molecule has 42 heavy (non-hydrogen) atoms. The molecule has 7 rings (SSSR count). The zero-order valence-electron chi connectivity index (χ0n) is 22.7. The molecule has 0 saturated carbocycles. The predicted molar refractivity (Wildman–Crippen MR) is 152 cm³/mol. The Balaban J connectivity index is 0.00000316. The van der Waals surface area contributed by atoms with Crippen molar-refractivity contribution in [3.63, 3.8) is 0 Å². The van der Waals surface area contributed by atoms with Gasteiger partial charge in [0.1, 0.15) is 40.4 Å². The predicted octanol–water partition coefficient (Wildman–Crippen LogP) is 8.01. The summed E-state index contributed by atoms with van der Waals surface area (Å²) in [4.78, 5) is 9.47. The van der Waals surface area contributed by atoms with Gasteiger partial charge in [-0.3, -0.25) is 4.99 Å². The van der Waals surface area contributed by atoms with E-state index in [0.29, 0.717) is 28.1 Å². The summed E-state index contributed by atoms with van der Waals surface area (Å²) in [5.74, 6) is -0.467. The number of fused-ring (bicyclic) bond motifs is 4. The number of aliphatic imine (C=N–C) groups is 1. The molecule has 0 spiro atoms. The molecule has 5 aromatic rings. The maximum Gasteiger partial charge on any atom is 0.217 e. The van der Waals surface area contributed by atoms with Gasteiger partial charge in [0.05, 0.1) is 0 Å². The second-order valence-corrected chi connectivity index (χ2v) is 10.9. The molecule has 0 radical (unpaired) electrons. The van der Waals surface area contributed by atoms with Gasteiger partial charge in [-0.2, -0.15) is 0 Å². The molecule has 5 nitrogen and oxygen atoms in total. The molecule has 1 aliphatic heterocycles. The largest absolute Gasteiger partial charge is 0.512 e. The van der Waals surface area contributed by atoms with Crippen molar-refractivity contribution in [3.8, 4) is 28.5 Å². The number of ether oxygens (including phenoxy) is 2. The van der Waals surface area contributed by atoms with Crippen LogP contribution in [0.3, 0.4) is 0 Å². The molecule has 0 saturated heterocycles. The molecule has 0 unspecified atom stereocenters. The van der Waals surface area contributed by atoms with Gasteiger partial charge in [-0.25, -0.2) is 13.8 Å². The molecule has 1 aliphatic carbocycles. The summed E-state index contributed by atoms with van der Waals surface area (Å²) >= 11 is 0. The van der Waals surface area contributed by atoms with Gasteiger partial charge in [0.15, 0.2) is 0 Å². The summed E-state index contributed by atoms with van der Waals surface area (Å²) in [6, 6.07) is 25.1. The number of nitrogens with zero attached hydrogens (tertiary/aromatic N) is 2. The molecular formula is C34H25F2N2O3Pt-. The van der Waals surface area contributed by atoms with E-state index < -0.39 is 17.2 Å². The van der Waals surface area contributed by atoms with Crippen molar-refractivity contribution in [1.29, 1.82) is 0 Å². The first-order valence-corrected chi connectivity index (χ1v) is 13.4. The minimum absolute atomic E-state index is 0. The number of pyridine rings is 1. The third-order valence-corrected chi connectivity index (χ3v) is 7.77. The van der Waals surface area contributed by atoms with Crippen LogP contribution in [-0.2, 0) is 32.2 Å². The Kier molecular flexibility index (Phi) is 7.10. The van der Waals surface area contributed by atoms with Crippen LogP contribution in [0.4, 0.5) is 8.78 Å². The monoisotopic (exact) mass is 742 g/mol. The summed E-state index contributed by atoms with van der Waals surface area (Å²) in [7, 11) is 0. The van der Waals surface area contributed by atoms with E-state index in [9.17, 15) is 13.9 Å². The van der Waals surface area contributed by atoms with Gasteiger partial charge >= 0.3 is 0 Å². The Morgan fingerprint density at radius 3 is 2.55 bits per heavy atom. The number of benzene rings is 4. The second-order valence-electron chi connectivity index (χ2n) is 10.9. The summed E-state index contributed by atoms with van der Waals surface area (Å²) in [5.41, 5.74) is 4.48.